The molecule has 1 amide bonds. The van der Waals surface area contributed by atoms with Crippen LogP contribution in [-0.4, -0.2) is 15.9 Å². The van der Waals surface area contributed by atoms with Crippen LogP contribution in [0.2, 0.25) is 0 Å². The van der Waals surface area contributed by atoms with Crippen molar-refractivity contribution in [1.82, 2.24) is 15.4 Å². The Hall–Kier alpha value is -3.05. The number of carbonyl (C=O) groups is 1. The number of amides is 1. The van der Waals surface area contributed by atoms with Crippen LogP contribution in [0.4, 0.5) is 0 Å². The minimum atomic E-state index is -0.339. The molecule has 0 unspecified atom stereocenters. The summed E-state index contributed by atoms with van der Waals surface area (Å²) in [4.78, 5) is 20.5. The van der Waals surface area contributed by atoms with Gasteiger partial charge in [-0.3, -0.25) is 14.8 Å². The van der Waals surface area contributed by atoms with E-state index in [1.54, 1.807) is 24.5 Å². The summed E-state index contributed by atoms with van der Waals surface area (Å²) in [6.07, 6.45) is 3.43. The van der Waals surface area contributed by atoms with Crippen molar-refractivity contribution in [1.29, 1.82) is 0 Å². The SMILES string of the molecule is NNC(=O)[c-]1cc(-c2ccccn2)c(-c2ccccn2)c1.[Fe].[cH-]1[cH-][cH-][cH-][cH-]1. The van der Waals surface area contributed by atoms with Crippen LogP contribution < -0.4 is 11.3 Å². The fraction of sp³-hybridized carbons (Fsp3) is 0. The van der Waals surface area contributed by atoms with Gasteiger partial charge in [0.2, 0.25) is 5.91 Å². The van der Waals surface area contributed by atoms with Gasteiger partial charge >= 0.3 is 0 Å². The molecule has 5 nitrogen and oxygen atoms in total. The van der Waals surface area contributed by atoms with E-state index in [0.717, 1.165) is 22.5 Å². The quantitative estimate of drug-likeness (QED) is 0.182. The van der Waals surface area contributed by atoms with Crippen LogP contribution in [0.15, 0.2) is 91.3 Å². The average Bonchev–Trinajstić information content (AvgIpc) is 3.42. The van der Waals surface area contributed by atoms with E-state index in [4.69, 9.17) is 5.84 Å². The molecule has 0 bridgehead atoms. The van der Waals surface area contributed by atoms with E-state index < -0.39 is 0 Å². The van der Waals surface area contributed by atoms with Crippen LogP contribution in [0.5, 0.6) is 0 Å². The summed E-state index contributed by atoms with van der Waals surface area (Å²) in [6.45, 7) is 0. The van der Waals surface area contributed by atoms with Crippen molar-refractivity contribution in [3.63, 3.8) is 0 Å². The van der Waals surface area contributed by atoms with Crippen LogP contribution >= 0.6 is 0 Å². The molecule has 27 heavy (non-hydrogen) atoms. The molecule has 6 heteroatoms. The second kappa shape index (κ2) is 10.2. The molecule has 0 atom stereocenters. The molecule has 2 aromatic carbocycles. The second-order valence-corrected chi connectivity index (χ2v) is 5.44. The molecule has 0 spiro atoms. The summed E-state index contributed by atoms with van der Waals surface area (Å²) in [5.74, 6) is 4.87. The molecule has 0 aliphatic rings. The first-order chi connectivity index (χ1) is 12.8. The number of carbonyl (C=O) groups excluding carboxylic acids is 1. The van der Waals surface area contributed by atoms with Gasteiger partial charge in [-0.05, 0) is 24.3 Å². The van der Waals surface area contributed by atoms with Crippen LogP contribution in [0, 0.1) is 0 Å². The molecule has 3 N–H and O–H groups in total. The Balaban J connectivity index is 0.000000379. The van der Waals surface area contributed by atoms with Gasteiger partial charge in [-0.15, -0.1) is 11.1 Å². The van der Waals surface area contributed by atoms with Crippen molar-refractivity contribution in [2.75, 3.05) is 0 Å². The van der Waals surface area contributed by atoms with Crippen molar-refractivity contribution in [2.45, 2.75) is 0 Å². The maximum Gasteiger partial charge on any atom is 0.209 e. The Morgan fingerprint density at radius 3 is 1.63 bits per heavy atom. The minimum Gasteiger partial charge on any atom is -0.748 e. The van der Waals surface area contributed by atoms with Crippen molar-refractivity contribution in [2.24, 2.45) is 5.84 Å². The third kappa shape index (κ3) is 5.21. The van der Waals surface area contributed by atoms with Gasteiger partial charge in [-0.2, -0.15) is 12.1 Å². The van der Waals surface area contributed by atoms with E-state index in [0.29, 0.717) is 5.56 Å². The summed E-state index contributed by atoms with van der Waals surface area (Å²) in [7, 11) is 0. The largest absolute Gasteiger partial charge is 0.748 e. The van der Waals surface area contributed by atoms with E-state index in [9.17, 15) is 4.79 Å². The van der Waals surface area contributed by atoms with E-state index >= 15 is 0 Å². The van der Waals surface area contributed by atoms with Crippen molar-refractivity contribution in [3.05, 3.63) is 96.8 Å². The number of nitrogen functional groups attached to an aromatic ring is 1. The van der Waals surface area contributed by atoms with Gasteiger partial charge in [0.25, 0.3) is 0 Å². The predicted molar refractivity (Wildman–Crippen MR) is 102 cm³/mol. The first-order valence-electron chi connectivity index (χ1n) is 8.11. The molecule has 0 aliphatic carbocycles. The number of pyridine rings is 2. The molecule has 2 aromatic heterocycles. The molecular formula is C21H18FeN4O-6. The van der Waals surface area contributed by atoms with Gasteiger partial charge in [0.15, 0.2) is 0 Å². The fourth-order valence-corrected chi connectivity index (χ4v) is 2.51. The molecule has 0 aliphatic heterocycles. The number of nitrogens with one attached hydrogen (secondary N) is 1. The summed E-state index contributed by atoms with van der Waals surface area (Å²) in [6, 6.07) is 24.8. The van der Waals surface area contributed by atoms with Crippen LogP contribution in [0.3, 0.4) is 0 Å². The molecule has 2 heterocycles. The Morgan fingerprint density at radius 1 is 0.852 bits per heavy atom. The van der Waals surface area contributed by atoms with Gasteiger partial charge in [0, 0.05) is 40.9 Å². The van der Waals surface area contributed by atoms with Crippen molar-refractivity contribution >= 4 is 5.91 Å². The fourth-order valence-electron chi connectivity index (χ4n) is 2.51. The molecule has 142 valence electrons. The number of aromatic nitrogens is 2. The van der Waals surface area contributed by atoms with Gasteiger partial charge < -0.3 is 35.8 Å². The van der Waals surface area contributed by atoms with Gasteiger partial charge in [0.05, 0.1) is 0 Å². The van der Waals surface area contributed by atoms with Crippen LogP contribution in [0.1, 0.15) is 10.4 Å². The zero-order valence-electron chi connectivity index (χ0n) is 14.4. The monoisotopic (exact) mass is 398 g/mol. The first kappa shape index (κ1) is 20.3. The van der Waals surface area contributed by atoms with E-state index in [1.807, 2.05) is 66.7 Å². The third-order valence-electron chi connectivity index (χ3n) is 3.72. The summed E-state index contributed by atoms with van der Waals surface area (Å²) >= 11 is 0. The van der Waals surface area contributed by atoms with Gasteiger partial charge in [0.1, 0.15) is 0 Å². The first-order valence-corrected chi connectivity index (χ1v) is 8.11. The number of nitrogens with two attached hydrogens (primary N) is 1. The van der Waals surface area contributed by atoms with E-state index in [1.165, 1.54) is 0 Å². The Bertz CT molecular complexity index is 861. The molecular weight excluding hydrogens is 380 g/mol. The number of rotatable bonds is 3. The van der Waals surface area contributed by atoms with E-state index in [-0.39, 0.29) is 23.0 Å². The van der Waals surface area contributed by atoms with Gasteiger partial charge in [-0.25, -0.2) is 5.84 Å². The molecule has 0 saturated heterocycles. The normalized spacial score (nSPS) is 9.52. The van der Waals surface area contributed by atoms with Crippen molar-refractivity contribution < 1.29 is 21.9 Å². The van der Waals surface area contributed by atoms with Crippen LogP contribution in [0.25, 0.3) is 22.5 Å². The maximum atomic E-state index is 11.8. The Morgan fingerprint density at radius 2 is 1.30 bits per heavy atom. The average molecular weight is 398 g/mol. The van der Waals surface area contributed by atoms with Crippen LogP contribution in [-0.2, 0) is 17.1 Å². The zero-order valence-corrected chi connectivity index (χ0v) is 15.5. The van der Waals surface area contributed by atoms with Crippen molar-refractivity contribution in [3.8, 4) is 22.5 Å². The number of hydrazine groups is 1. The number of nitrogens with zero attached hydrogens (tertiary/aromatic N) is 2. The predicted octanol–water partition coefficient (Wildman–Crippen LogP) is 3.54. The smallest absolute Gasteiger partial charge is 0.209 e. The molecule has 4 rings (SSSR count). The Labute approximate surface area is 168 Å². The van der Waals surface area contributed by atoms with Gasteiger partial charge in [-0.1, -0.05) is 17.7 Å². The number of hydrogen-bond acceptors (Lipinski definition) is 4. The molecule has 4 aromatic rings. The third-order valence-corrected chi connectivity index (χ3v) is 3.72. The topological polar surface area (TPSA) is 80.9 Å². The standard InChI is InChI=1S/C16H13N4O.C5H5.Fe/c17-20-16(21)11-9-12(14-5-1-3-7-18-14)13(10-11)15-6-2-4-8-19-15;1-2-4-5-3-1;/h1-10H,17H2,(H,20,21);1-5H;/q-1;-5;. The summed E-state index contributed by atoms with van der Waals surface area (Å²) in [5.41, 5.74) is 5.91. The molecule has 0 fully saturated rings. The Kier molecular flexibility index (Phi) is 7.64. The maximum absolute atomic E-state index is 11.8. The number of hydrogen-bond donors (Lipinski definition) is 2. The zero-order chi connectivity index (χ0) is 18.2. The molecule has 0 saturated carbocycles. The summed E-state index contributed by atoms with van der Waals surface area (Å²) < 4.78 is 0. The summed E-state index contributed by atoms with van der Waals surface area (Å²) in [5, 5.41) is 0. The minimum absolute atomic E-state index is 0. The van der Waals surface area contributed by atoms with E-state index in [2.05, 4.69) is 15.4 Å². The molecule has 0 radical (unpaired) electrons. The second-order valence-electron chi connectivity index (χ2n) is 5.44.